The third kappa shape index (κ3) is 5.20. The highest BCUT2D eigenvalue weighted by Gasteiger charge is 2.18. The molecule has 2 heterocycles. The maximum atomic E-state index is 6.30. The Morgan fingerprint density at radius 3 is 1.67 bits per heavy atom. The van der Waals surface area contributed by atoms with Gasteiger partial charge in [-0.25, -0.2) is 0 Å². The van der Waals surface area contributed by atoms with Crippen LogP contribution in [0, 0.1) is 0 Å². The normalized spacial score (nSPS) is 11.6. The number of anilines is 3. The van der Waals surface area contributed by atoms with Crippen LogP contribution in [0.25, 0.3) is 82.5 Å². The average Bonchev–Trinajstić information content (AvgIpc) is 3.81. The van der Waals surface area contributed by atoms with Crippen molar-refractivity contribution < 1.29 is 4.42 Å². The molecule has 0 spiro atoms. The van der Waals surface area contributed by atoms with E-state index >= 15 is 0 Å². The van der Waals surface area contributed by atoms with E-state index in [0.717, 1.165) is 44.7 Å². The number of hydrogen-bond acceptors (Lipinski definition) is 2. The Bertz CT molecular complexity index is 3180. The molecule has 0 aliphatic heterocycles. The van der Waals surface area contributed by atoms with Gasteiger partial charge in [0, 0.05) is 44.3 Å². The zero-order valence-corrected chi connectivity index (χ0v) is 29.9. The summed E-state index contributed by atoms with van der Waals surface area (Å²) in [5.41, 5.74) is 13.4. The van der Waals surface area contributed by atoms with Crippen LogP contribution < -0.4 is 4.90 Å². The molecule has 0 unspecified atom stereocenters. The lowest BCUT2D eigenvalue weighted by Crippen LogP contribution is -2.09. The van der Waals surface area contributed by atoms with Crippen molar-refractivity contribution in [3.63, 3.8) is 0 Å². The molecule has 0 saturated carbocycles. The van der Waals surface area contributed by atoms with Crippen molar-refractivity contribution >= 4 is 71.6 Å². The Hall–Kier alpha value is -7.36. The molecule has 55 heavy (non-hydrogen) atoms. The van der Waals surface area contributed by atoms with Gasteiger partial charge in [-0.2, -0.15) is 0 Å². The van der Waals surface area contributed by atoms with Crippen LogP contribution in [0.3, 0.4) is 0 Å². The fraction of sp³-hybridized carbons (Fsp3) is 0. The molecule has 11 aromatic rings. The molecule has 0 radical (unpaired) electrons. The monoisotopic (exact) mass is 702 g/mol. The first-order chi connectivity index (χ1) is 27.3. The fourth-order valence-corrected chi connectivity index (χ4v) is 8.36. The van der Waals surface area contributed by atoms with E-state index in [-0.39, 0.29) is 0 Å². The Kier molecular flexibility index (Phi) is 7.17. The molecule has 0 saturated heterocycles. The molecule has 0 bridgehead atoms. The molecule has 3 nitrogen and oxygen atoms in total. The summed E-state index contributed by atoms with van der Waals surface area (Å²) in [4.78, 5) is 2.36. The van der Waals surface area contributed by atoms with Gasteiger partial charge >= 0.3 is 0 Å². The predicted molar refractivity (Wildman–Crippen MR) is 231 cm³/mol. The lowest BCUT2D eigenvalue weighted by molar-refractivity contribution is 0.669. The Balaban J connectivity index is 1.04. The fourth-order valence-electron chi connectivity index (χ4n) is 8.36. The largest absolute Gasteiger partial charge is 0.456 e. The number of rotatable bonds is 6. The molecule has 2 aromatic heterocycles. The number of furan rings is 1. The summed E-state index contributed by atoms with van der Waals surface area (Å²) in [5, 5.41) is 7.13. The van der Waals surface area contributed by atoms with E-state index in [1.807, 2.05) is 12.1 Å². The van der Waals surface area contributed by atoms with Crippen LogP contribution in [-0.4, -0.2) is 4.57 Å². The average molecular weight is 703 g/mol. The summed E-state index contributed by atoms with van der Waals surface area (Å²) in [6.45, 7) is 0. The second-order valence-corrected chi connectivity index (χ2v) is 14.2. The molecule has 0 fully saturated rings. The number of hydrogen-bond donors (Lipinski definition) is 0. The van der Waals surface area contributed by atoms with Gasteiger partial charge in [0.05, 0.1) is 11.0 Å². The lowest BCUT2D eigenvalue weighted by Gasteiger charge is -2.26. The second kappa shape index (κ2) is 12.6. The first-order valence-corrected chi connectivity index (χ1v) is 18.8. The molecule has 0 atom stereocenters. The molecular formula is C52H34N2O. The quantitative estimate of drug-likeness (QED) is 0.172. The van der Waals surface area contributed by atoms with Gasteiger partial charge in [0.15, 0.2) is 0 Å². The summed E-state index contributed by atoms with van der Waals surface area (Å²) in [6.07, 6.45) is 0. The van der Waals surface area contributed by atoms with Gasteiger partial charge in [0.25, 0.3) is 0 Å². The standard InChI is InChI=1S/C52H34N2O/c1-3-11-35(12-4-1)36-19-26-41(27-20-36)53(43-30-23-38-25-32-51-52(46(38)34-43)45-16-8-10-18-50(45)55-51)42-28-21-37(22-29-42)39-24-31-49-47(33-39)44-15-7-9-17-48(44)54(49)40-13-5-2-6-14-40/h1-34H. The van der Waals surface area contributed by atoms with E-state index in [2.05, 4.69) is 204 Å². The van der Waals surface area contributed by atoms with Crippen molar-refractivity contribution in [2.45, 2.75) is 0 Å². The van der Waals surface area contributed by atoms with Gasteiger partial charge in [0.2, 0.25) is 0 Å². The number of benzene rings is 9. The van der Waals surface area contributed by atoms with Crippen molar-refractivity contribution in [1.29, 1.82) is 0 Å². The third-order valence-electron chi connectivity index (χ3n) is 11.0. The van der Waals surface area contributed by atoms with Crippen LogP contribution in [-0.2, 0) is 0 Å². The van der Waals surface area contributed by atoms with Crippen LogP contribution in [0.2, 0.25) is 0 Å². The summed E-state index contributed by atoms with van der Waals surface area (Å²) in [5.74, 6) is 0. The molecule has 9 aromatic carbocycles. The number of para-hydroxylation sites is 3. The number of fused-ring (bicyclic) bond motifs is 8. The topological polar surface area (TPSA) is 21.3 Å². The summed E-state index contributed by atoms with van der Waals surface area (Å²) in [7, 11) is 0. The number of aromatic nitrogens is 1. The highest BCUT2D eigenvalue weighted by atomic mass is 16.3. The first kappa shape index (κ1) is 31.2. The van der Waals surface area contributed by atoms with E-state index < -0.39 is 0 Å². The van der Waals surface area contributed by atoms with Crippen LogP contribution in [0.1, 0.15) is 0 Å². The molecule has 0 amide bonds. The molecule has 0 aliphatic rings. The smallest absolute Gasteiger partial charge is 0.136 e. The van der Waals surface area contributed by atoms with Gasteiger partial charge in [-0.3, -0.25) is 0 Å². The first-order valence-electron chi connectivity index (χ1n) is 18.8. The van der Waals surface area contributed by atoms with Crippen molar-refractivity contribution in [3.8, 4) is 27.9 Å². The van der Waals surface area contributed by atoms with E-state index in [4.69, 9.17) is 4.42 Å². The van der Waals surface area contributed by atoms with E-state index in [0.29, 0.717) is 0 Å². The zero-order chi connectivity index (χ0) is 36.3. The van der Waals surface area contributed by atoms with Gasteiger partial charge in [-0.05, 0) is 112 Å². The van der Waals surface area contributed by atoms with Gasteiger partial charge in [0.1, 0.15) is 11.2 Å². The molecule has 0 N–H and O–H groups in total. The Labute approximate surface area is 318 Å². The second-order valence-electron chi connectivity index (χ2n) is 14.2. The highest BCUT2D eigenvalue weighted by molar-refractivity contribution is 6.19. The maximum Gasteiger partial charge on any atom is 0.136 e. The molecule has 3 heteroatoms. The van der Waals surface area contributed by atoms with Crippen molar-refractivity contribution in [3.05, 3.63) is 206 Å². The molecule has 11 rings (SSSR count). The van der Waals surface area contributed by atoms with Crippen molar-refractivity contribution in [2.24, 2.45) is 0 Å². The van der Waals surface area contributed by atoms with E-state index in [1.165, 1.54) is 54.8 Å². The zero-order valence-electron chi connectivity index (χ0n) is 29.9. The minimum atomic E-state index is 0.901. The summed E-state index contributed by atoms with van der Waals surface area (Å²) >= 11 is 0. The van der Waals surface area contributed by atoms with E-state index in [1.54, 1.807) is 0 Å². The van der Waals surface area contributed by atoms with Gasteiger partial charge in [-0.15, -0.1) is 0 Å². The third-order valence-corrected chi connectivity index (χ3v) is 11.0. The Morgan fingerprint density at radius 1 is 0.345 bits per heavy atom. The lowest BCUT2D eigenvalue weighted by atomic mass is 10.0. The van der Waals surface area contributed by atoms with Crippen molar-refractivity contribution in [1.82, 2.24) is 4.57 Å². The minimum absolute atomic E-state index is 0.901. The van der Waals surface area contributed by atoms with Crippen LogP contribution in [0.5, 0.6) is 0 Å². The van der Waals surface area contributed by atoms with Crippen LogP contribution in [0.4, 0.5) is 17.1 Å². The van der Waals surface area contributed by atoms with Crippen molar-refractivity contribution in [2.75, 3.05) is 4.90 Å². The van der Waals surface area contributed by atoms with E-state index in [9.17, 15) is 0 Å². The van der Waals surface area contributed by atoms with Gasteiger partial charge in [-0.1, -0.05) is 127 Å². The summed E-state index contributed by atoms with van der Waals surface area (Å²) in [6, 6.07) is 74.0. The maximum absolute atomic E-state index is 6.30. The highest BCUT2D eigenvalue weighted by Crippen LogP contribution is 2.42. The predicted octanol–water partition coefficient (Wildman–Crippen LogP) is 14.6. The Morgan fingerprint density at radius 2 is 0.909 bits per heavy atom. The molecular weight excluding hydrogens is 669 g/mol. The molecule has 0 aliphatic carbocycles. The molecule has 258 valence electrons. The number of nitrogens with zero attached hydrogens (tertiary/aromatic N) is 2. The SMILES string of the molecule is c1ccc(-c2ccc(N(c3ccc(-c4ccc5c(c4)c4ccccc4n5-c4ccccc4)cc3)c3ccc4ccc5oc6ccccc6c5c4c3)cc2)cc1. The van der Waals surface area contributed by atoms with Crippen LogP contribution >= 0.6 is 0 Å². The van der Waals surface area contributed by atoms with Crippen LogP contribution in [0.15, 0.2) is 211 Å². The summed E-state index contributed by atoms with van der Waals surface area (Å²) < 4.78 is 8.66. The minimum Gasteiger partial charge on any atom is -0.456 e. The van der Waals surface area contributed by atoms with Gasteiger partial charge < -0.3 is 13.9 Å².